The topological polar surface area (TPSA) is 78.9 Å². The molecule has 1 unspecified atom stereocenters. The normalized spacial score (nSPS) is 11.5. The number of Topliss-reactive ketones (excluding diaryl/α,β-unsaturated/α-hetero) is 1. The van der Waals surface area contributed by atoms with Gasteiger partial charge in [0.2, 0.25) is 5.78 Å². The van der Waals surface area contributed by atoms with Gasteiger partial charge in [-0.2, -0.15) is 0 Å². The van der Waals surface area contributed by atoms with Crippen LogP contribution < -0.4 is 4.74 Å². The molecular weight excluding hydrogens is 331 g/mol. The number of ketones is 1. The van der Waals surface area contributed by atoms with Crippen molar-refractivity contribution in [1.29, 1.82) is 0 Å². The van der Waals surface area contributed by atoms with E-state index in [0.29, 0.717) is 0 Å². The molecule has 23 heavy (non-hydrogen) atoms. The highest BCUT2D eigenvalue weighted by atomic mass is 35.5. The summed E-state index contributed by atoms with van der Waals surface area (Å²) in [6, 6.07) is 1.94. The third-order valence-corrected chi connectivity index (χ3v) is 2.95. The fraction of sp³-hybridized carbons (Fsp3) is 0.400. The first-order valence-electron chi connectivity index (χ1n) is 6.75. The van der Waals surface area contributed by atoms with Crippen LogP contribution in [0.1, 0.15) is 31.1 Å². The van der Waals surface area contributed by atoms with Gasteiger partial charge in [-0.05, 0) is 26.0 Å². The van der Waals surface area contributed by atoms with Crippen LogP contribution in [0, 0.1) is 5.82 Å². The summed E-state index contributed by atoms with van der Waals surface area (Å²) in [5, 5.41) is -0.108. The van der Waals surface area contributed by atoms with Gasteiger partial charge in [-0.1, -0.05) is 11.6 Å². The predicted octanol–water partition coefficient (Wildman–Crippen LogP) is 2.56. The van der Waals surface area contributed by atoms with Gasteiger partial charge in [0.1, 0.15) is 11.6 Å². The third-order valence-electron chi connectivity index (χ3n) is 2.65. The number of hydrogen-bond donors (Lipinski definition) is 0. The number of hydrogen-bond acceptors (Lipinski definition) is 6. The lowest BCUT2D eigenvalue weighted by Crippen LogP contribution is -2.24. The molecule has 0 aliphatic carbocycles. The number of carbonyl (C=O) groups excluding carboxylic acids is 3. The molecule has 6 nitrogen and oxygen atoms in total. The highest BCUT2D eigenvalue weighted by Crippen LogP contribution is 2.28. The van der Waals surface area contributed by atoms with Crippen molar-refractivity contribution in [1.82, 2.24) is 0 Å². The highest BCUT2D eigenvalue weighted by Gasteiger charge is 2.23. The number of rotatable bonds is 7. The zero-order valence-corrected chi connectivity index (χ0v) is 13.6. The molecule has 0 aliphatic rings. The maximum Gasteiger partial charge on any atom is 0.344 e. The first kappa shape index (κ1) is 18.9. The average Bonchev–Trinajstić information content (AvgIpc) is 2.45. The molecule has 0 fully saturated rings. The minimum Gasteiger partial charge on any atom is -0.480 e. The largest absolute Gasteiger partial charge is 0.480 e. The van der Waals surface area contributed by atoms with Crippen LogP contribution in [0.2, 0.25) is 5.02 Å². The van der Waals surface area contributed by atoms with Crippen LogP contribution >= 0.6 is 11.6 Å². The summed E-state index contributed by atoms with van der Waals surface area (Å²) in [6.07, 6.45) is -1.17. The molecule has 0 radical (unpaired) electrons. The quantitative estimate of drug-likeness (QED) is 0.557. The lowest BCUT2D eigenvalue weighted by atomic mass is 10.1. The summed E-state index contributed by atoms with van der Waals surface area (Å²) in [6.45, 7) is 3.83. The molecule has 0 aromatic heterocycles. The monoisotopic (exact) mass is 346 g/mol. The molecule has 0 spiro atoms. The second-order valence-corrected chi connectivity index (χ2v) is 4.88. The lowest BCUT2D eigenvalue weighted by molar-refractivity contribution is -0.145. The van der Waals surface area contributed by atoms with Gasteiger partial charge >= 0.3 is 11.9 Å². The second-order valence-electron chi connectivity index (χ2n) is 4.47. The van der Waals surface area contributed by atoms with Crippen LogP contribution in [0.25, 0.3) is 0 Å². The van der Waals surface area contributed by atoms with E-state index in [1.807, 2.05) is 0 Å². The zero-order valence-electron chi connectivity index (χ0n) is 12.9. The number of carbonyl (C=O) groups is 3. The van der Waals surface area contributed by atoms with Gasteiger partial charge in [-0.15, -0.1) is 0 Å². The van der Waals surface area contributed by atoms with Gasteiger partial charge in [0.25, 0.3) is 0 Å². The maximum atomic E-state index is 13.9. The standard InChI is InChI=1S/C15H16ClFO6/c1-4-21-14(19)7-22-13-5-10(12(17)6-11(13)16)15(20)8(2)23-9(3)18/h5-6,8H,4,7H2,1-3H3. The van der Waals surface area contributed by atoms with Gasteiger partial charge in [0.15, 0.2) is 12.7 Å². The Balaban J connectivity index is 2.97. The van der Waals surface area contributed by atoms with Crippen molar-refractivity contribution in [3.63, 3.8) is 0 Å². The predicted molar refractivity (Wildman–Crippen MR) is 79.1 cm³/mol. The Morgan fingerprint density at radius 3 is 2.52 bits per heavy atom. The molecule has 0 saturated heterocycles. The van der Waals surface area contributed by atoms with Crippen molar-refractivity contribution >= 4 is 29.3 Å². The van der Waals surface area contributed by atoms with E-state index in [1.165, 1.54) is 6.92 Å². The van der Waals surface area contributed by atoms with E-state index in [-0.39, 0.29) is 22.9 Å². The van der Waals surface area contributed by atoms with Crippen LogP contribution in [0.5, 0.6) is 5.75 Å². The average molecular weight is 347 g/mol. The molecule has 0 bridgehead atoms. The highest BCUT2D eigenvalue weighted by molar-refractivity contribution is 6.32. The van der Waals surface area contributed by atoms with Crippen LogP contribution in [0.4, 0.5) is 4.39 Å². The Labute approximate surface area is 137 Å². The van der Waals surface area contributed by atoms with E-state index in [4.69, 9.17) is 21.1 Å². The third kappa shape index (κ3) is 5.52. The van der Waals surface area contributed by atoms with Gasteiger partial charge in [-0.25, -0.2) is 9.18 Å². The van der Waals surface area contributed by atoms with Crippen molar-refractivity contribution in [3.8, 4) is 5.75 Å². The van der Waals surface area contributed by atoms with Gasteiger partial charge in [0.05, 0.1) is 17.2 Å². The number of halogens is 2. The minimum absolute atomic E-state index is 0.0560. The zero-order chi connectivity index (χ0) is 17.6. The van der Waals surface area contributed by atoms with Gasteiger partial charge in [0, 0.05) is 6.92 Å². The van der Waals surface area contributed by atoms with Crippen LogP contribution in [-0.4, -0.2) is 37.0 Å². The summed E-state index contributed by atoms with van der Waals surface area (Å²) >= 11 is 5.82. The molecule has 1 rings (SSSR count). The van der Waals surface area contributed by atoms with E-state index in [9.17, 15) is 18.8 Å². The maximum absolute atomic E-state index is 13.9. The van der Waals surface area contributed by atoms with Gasteiger partial charge < -0.3 is 14.2 Å². The SMILES string of the molecule is CCOC(=O)COc1cc(C(=O)C(C)OC(C)=O)c(F)cc1Cl. The smallest absolute Gasteiger partial charge is 0.344 e. The summed E-state index contributed by atoms with van der Waals surface area (Å²) < 4.78 is 28.4. The molecule has 0 heterocycles. The summed E-state index contributed by atoms with van der Waals surface area (Å²) in [5.74, 6) is -3.00. The molecule has 0 aliphatic heterocycles. The number of esters is 2. The first-order valence-corrected chi connectivity index (χ1v) is 7.13. The summed E-state index contributed by atoms with van der Waals surface area (Å²) in [5.41, 5.74) is -0.359. The number of ether oxygens (including phenoxy) is 3. The van der Waals surface area contributed by atoms with E-state index in [2.05, 4.69) is 4.74 Å². The lowest BCUT2D eigenvalue weighted by Gasteiger charge is -2.13. The Morgan fingerprint density at radius 2 is 1.96 bits per heavy atom. The molecular formula is C15H16ClFO6. The van der Waals surface area contributed by atoms with Crippen molar-refractivity contribution in [3.05, 3.63) is 28.5 Å². The van der Waals surface area contributed by atoms with Crippen molar-refractivity contribution in [2.45, 2.75) is 26.9 Å². The Morgan fingerprint density at radius 1 is 1.30 bits per heavy atom. The van der Waals surface area contributed by atoms with E-state index in [0.717, 1.165) is 19.1 Å². The Kier molecular flexibility index (Phi) is 6.96. The molecule has 0 N–H and O–H groups in total. The Bertz CT molecular complexity index is 616. The fourth-order valence-corrected chi connectivity index (χ4v) is 1.89. The fourth-order valence-electron chi connectivity index (χ4n) is 1.69. The number of benzene rings is 1. The molecule has 1 atom stereocenters. The van der Waals surface area contributed by atoms with Crippen molar-refractivity contribution in [2.75, 3.05) is 13.2 Å². The van der Waals surface area contributed by atoms with E-state index < -0.39 is 36.2 Å². The summed E-state index contributed by atoms with van der Waals surface area (Å²) in [4.78, 5) is 34.2. The van der Waals surface area contributed by atoms with Crippen LogP contribution in [-0.2, 0) is 19.1 Å². The van der Waals surface area contributed by atoms with Crippen molar-refractivity contribution in [2.24, 2.45) is 0 Å². The Hall–Kier alpha value is -2.15. The molecule has 8 heteroatoms. The molecule has 126 valence electrons. The molecule has 0 amide bonds. The summed E-state index contributed by atoms with van der Waals surface area (Å²) in [7, 11) is 0. The molecule has 1 aromatic carbocycles. The molecule has 0 saturated carbocycles. The minimum atomic E-state index is -1.17. The van der Waals surface area contributed by atoms with Crippen LogP contribution in [0.15, 0.2) is 12.1 Å². The van der Waals surface area contributed by atoms with Gasteiger partial charge in [-0.3, -0.25) is 9.59 Å². The molecule has 1 aromatic rings. The van der Waals surface area contributed by atoms with Crippen molar-refractivity contribution < 1.29 is 33.0 Å². The second kappa shape index (κ2) is 8.47. The van der Waals surface area contributed by atoms with E-state index in [1.54, 1.807) is 6.92 Å². The first-order chi connectivity index (χ1) is 10.8. The van der Waals surface area contributed by atoms with E-state index >= 15 is 0 Å². The van der Waals surface area contributed by atoms with Crippen LogP contribution in [0.3, 0.4) is 0 Å².